The van der Waals surface area contributed by atoms with Gasteiger partial charge in [-0.05, 0) is 50.1 Å². The van der Waals surface area contributed by atoms with Crippen LogP contribution in [0.2, 0.25) is 0 Å². The van der Waals surface area contributed by atoms with Crippen LogP contribution in [0.5, 0.6) is 0 Å². The largest absolute Gasteiger partial charge is 0.342 e. The summed E-state index contributed by atoms with van der Waals surface area (Å²) in [6.45, 7) is 4.32. The second kappa shape index (κ2) is 4.36. The molecule has 3 fully saturated rings. The van der Waals surface area contributed by atoms with Gasteiger partial charge in [0.15, 0.2) is 0 Å². The summed E-state index contributed by atoms with van der Waals surface area (Å²) in [6, 6.07) is 0. The Hall–Kier alpha value is -0.570. The van der Waals surface area contributed by atoms with Gasteiger partial charge in [-0.25, -0.2) is 0 Å². The number of carbonyl (C=O) groups excluding carboxylic acids is 1. The van der Waals surface area contributed by atoms with Crippen molar-refractivity contribution in [2.75, 3.05) is 26.2 Å². The van der Waals surface area contributed by atoms with E-state index in [-0.39, 0.29) is 0 Å². The Morgan fingerprint density at radius 2 is 2.00 bits per heavy atom. The molecule has 2 atom stereocenters. The molecular weight excluding hydrogens is 200 g/mol. The zero-order chi connectivity index (χ0) is 11.0. The van der Waals surface area contributed by atoms with Crippen LogP contribution in [-0.4, -0.2) is 37.0 Å². The van der Waals surface area contributed by atoms with Crippen molar-refractivity contribution in [1.82, 2.24) is 10.2 Å². The standard InChI is InChI=1S/C13H22N2O/c16-13(6-10-2-1-3-10)15-5-4-11-7-14-8-12(11)9-15/h10-12,14H,1-9H2. The molecule has 0 aromatic carbocycles. The first kappa shape index (κ1) is 10.6. The molecule has 3 rings (SSSR count). The molecule has 2 heterocycles. The maximum atomic E-state index is 12.1. The summed E-state index contributed by atoms with van der Waals surface area (Å²) in [4.78, 5) is 14.2. The fourth-order valence-corrected chi connectivity index (χ4v) is 3.33. The lowest BCUT2D eigenvalue weighted by atomic mass is 9.82. The number of carbonyl (C=O) groups is 1. The normalized spacial score (nSPS) is 34.6. The zero-order valence-corrected chi connectivity index (χ0v) is 9.95. The van der Waals surface area contributed by atoms with E-state index in [1.54, 1.807) is 0 Å². The third-order valence-electron chi connectivity index (χ3n) is 4.75. The van der Waals surface area contributed by atoms with Gasteiger partial charge in [-0.3, -0.25) is 4.79 Å². The van der Waals surface area contributed by atoms with Gasteiger partial charge >= 0.3 is 0 Å². The van der Waals surface area contributed by atoms with E-state index >= 15 is 0 Å². The van der Waals surface area contributed by atoms with Crippen LogP contribution in [0.15, 0.2) is 0 Å². The molecule has 3 nitrogen and oxygen atoms in total. The predicted octanol–water partition coefficient (Wildman–Crippen LogP) is 1.24. The number of likely N-dealkylation sites (tertiary alicyclic amines) is 1. The molecular formula is C13H22N2O. The van der Waals surface area contributed by atoms with Crippen molar-refractivity contribution in [3.05, 3.63) is 0 Å². The first-order valence-corrected chi connectivity index (χ1v) is 6.81. The molecule has 90 valence electrons. The molecule has 2 saturated heterocycles. The Balaban J connectivity index is 1.52. The van der Waals surface area contributed by atoms with Crippen LogP contribution in [0, 0.1) is 17.8 Å². The highest BCUT2D eigenvalue weighted by Gasteiger charge is 2.35. The summed E-state index contributed by atoms with van der Waals surface area (Å²) < 4.78 is 0. The molecule has 3 aliphatic rings. The van der Waals surface area contributed by atoms with Gasteiger partial charge in [-0.1, -0.05) is 6.42 Å². The number of fused-ring (bicyclic) bond motifs is 1. The molecule has 0 aromatic heterocycles. The van der Waals surface area contributed by atoms with Gasteiger partial charge in [0.25, 0.3) is 0 Å². The van der Waals surface area contributed by atoms with E-state index < -0.39 is 0 Å². The fourth-order valence-electron chi connectivity index (χ4n) is 3.33. The lowest BCUT2D eigenvalue weighted by Gasteiger charge is -2.36. The van der Waals surface area contributed by atoms with Crippen LogP contribution >= 0.6 is 0 Å². The number of piperidine rings is 1. The topological polar surface area (TPSA) is 32.3 Å². The van der Waals surface area contributed by atoms with E-state index in [4.69, 9.17) is 0 Å². The van der Waals surface area contributed by atoms with E-state index in [2.05, 4.69) is 10.2 Å². The van der Waals surface area contributed by atoms with Gasteiger partial charge in [-0.2, -0.15) is 0 Å². The van der Waals surface area contributed by atoms with Gasteiger partial charge in [0.05, 0.1) is 0 Å². The van der Waals surface area contributed by atoms with E-state index in [1.807, 2.05) is 0 Å². The lowest BCUT2D eigenvalue weighted by Crippen LogP contribution is -2.44. The van der Waals surface area contributed by atoms with Crippen LogP contribution in [0.4, 0.5) is 0 Å². The third-order valence-corrected chi connectivity index (χ3v) is 4.75. The molecule has 2 unspecified atom stereocenters. The van der Waals surface area contributed by atoms with Crippen LogP contribution < -0.4 is 5.32 Å². The highest BCUT2D eigenvalue weighted by Crippen LogP contribution is 2.32. The molecule has 1 aliphatic carbocycles. The molecule has 3 heteroatoms. The molecule has 16 heavy (non-hydrogen) atoms. The molecule has 1 N–H and O–H groups in total. The monoisotopic (exact) mass is 222 g/mol. The SMILES string of the molecule is O=C(CC1CCC1)N1CCC2CNCC2C1. The number of hydrogen-bond donors (Lipinski definition) is 1. The van der Waals surface area contributed by atoms with Gasteiger partial charge in [0.2, 0.25) is 5.91 Å². The Labute approximate surface area is 97.6 Å². The maximum absolute atomic E-state index is 12.1. The Bertz CT molecular complexity index is 275. The molecule has 1 amide bonds. The van der Waals surface area contributed by atoms with Gasteiger partial charge in [-0.15, -0.1) is 0 Å². The lowest BCUT2D eigenvalue weighted by molar-refractivity contribution is -0.135. The van der Waals surface area contributed by atoms with E-state index in [1.165, 1.54) is 32.2 Å². The van der Waals surface area contributed by atoms with E-state index in [9.17, 15) is 4.79 Å². The number of rotatable bonds is 2. The molecule has 0 bridgehead atoms. The quantitative estimate of drug-likeness (QED) is 0.762. The predicted molar refractivity (Wildman–Crippen MR) is 63.0 cm³/mol. The first-order valence-electron chi connectivity index (χ1n) is 6.81. The van der Waals surface area contributed by atoms with Crippen molar-refractivity contribution in [2.24, 2.45) is 17.8 Å². The first-order chi connectivity index (χ1) is 7.83. The highest BCUT2D eigenvalue weighted by molar-refractivity contribution is 5.76. The Morgan fingerprint density at radius 1 is 1.19 bits per heavy atom. The number of hydrogen-bond acceptors (Lipinski definition) is 2. The summed E-state index contributed by atoms with van der Waals surface area (Å²) in [5.74, 6) is 2.72. The fraction of sp³-hybridized carbons (Fsp3) is 0.923. The third kappa shape index (κ3) is 1.97. The molecule has 0 spiro atoms. The minimum absolute atomic E-state index is 0.426. The van der Waals surface area contributed by atoms with Gasteiger partial charge in [0.1, 0.15) is 0 Å². The smallest absolute Gasteiger partial charge is 0.222 e. The maximum Gasteiger partial charge on any atom is 0.222 e. The van der Waals surface area contributed by atoms with Crippen molar-refractivity contribution in [3.8, 4) is 0 Å². The van der Waals surface area contributed by atoms with E-state index in [0.717, 1.165) is 37.9 Å². The van der Waals surface area contributed by atoms with Crippen molar-refractivity contribution >= 4 is 5.91 Å². The molecule has 1 saturated carbocycles. The Kier molecular flexibility index (Phi) is 2.88. The molecule has 2 aliphatic heterocycles. The summed E-state index contributed by atoms with van der Waals surface area (Å²) in [5.41, 5.74) is 0. The Morgan fingerprint density at radius 3 is 2.75 bits per heavy atom. The van der Waals surface area contributed by atoms with Crippen molar-refractivity contribution < 1.29 is 4.79 Å². The number of nitrogens with zero attached hydrogens (tertiary/aromatic N) is 1. The van der Waals surface area contributed by atoms with Crippen LogP contribution in [0.25, 0.3) is 0 Å². The van der Waals surface area contributed by atoms with Crippen LogP contribution in [-0.2, 0) is 4.79 Å². The van der Waals surface area contributed by atoms with Crippen LogP contribution in [0.1, 0.15) is 32.1 Å². The second-order valence-electron chi connectivity index (χ2n) is 5.81. The van der Waals surface area contributed by atoms with Crippen molar-refractivity contribution in [1.29, 1.82) is 0 Å². The second-order valence-corrected chi connectivity index (χ2v) is 5.81. The van der Waals surface area contributed by atoms with Crippen molar-refractivity contribution in [3.63, 3.8) is 0 Å². The van der Waals surface area contributed by atoms with Crippen LogP contribution in [0.3, 0.4) is 0 Å². The summed E-state index contributed by atoms with van der Waals surface area (Å²) >= 11 is 0. The summed E-state index contributed by atoms with van der Waals surface area (Å²) in [5, 5.41) is 3.45. The van der Waals surface area contributed by atoms with E-state index in [0.29, 0.717) is 11.8 Å². The highest BCUT2D eigenvalue weighted by atomic mass is 16.2. The average molecular weight is 222 g/mol. The molecule has 0 aromatic rings. The van der Waals surface area contributed by atoms with Gasteiger partial charge in [0, 0.05) is 19.5 Å². The number of nitrogens with one attached hydrogen (secondary N) is 1. The summed E-state index contributed by atoms with van der Waals surface area (Å²) in [7, 11) is 0. The van der Waals surface area contributed by atoms with Gasteiger partial charge < -0.3 is 10.2 Å². The molecule has 0 radical (unpaired) electrons. The average Bonchev–Trinajstić information content (AvgIpc) is 2.69. The minimum Gasteiger partial charge on any atom is -0.342 e. The minimum atomic E-state index is 0.426. The van der Waals surface area contributed by atoms with Crippen molar-refractivity contribution in [2.45, 2.75) is 32.1 Å². The summed E-state index contributed by atoms with van der Waals surface area (Å²) in [6.07, 6.45) is 5.95. The number of amides is 1. The zero-order valence-electron chi connectivity index (χ0n) is 9.95.